The van der Waals surface area contributed by atoms with Crippen LogP contribution in [0.3, 0.4) is 0 Å². The molecule has 128 valence electrons. The molecule has 2 saturated heterocycles. The lowest BCUT2D eigenvalue weighted by molar-refractivity contribution is -0.123. The van der Waals surface area contributed by atoms with E-state index in [0.717, 1.165) is 39.4 Å². The second-order valence-electron chi connectivity index (χ2n) is 7.03. The van der Waals surface area contributed by atoms with Crippen LogP contribution in [-0.2, 0) is 9.53 Å². The molecule has 2 heterocycles. The number of hydrogen-bond acceptors (Lipinski definition) is 4. The third kappa shape index (κ3) is 5.21. The molecule has 2 N–H and O–H groups in total. The highest BCUT2D eigenvalue weighted by Crippen LogP contribution is 2.22. The Morgan fingerprint density at radius 3 is 2.68 bits per heavy atom. The van der Waals surface area contributed by atoms with E-state index in [9.17, 15) is 4.79 Å². The van der Waals surface area contributed by atoms with Crippen molar-refractivity contribution in [3.05, 3.63) is 0 Å². The SMILES string of the molecule is CC(CC(=O)NC(C)C(C)N1CCOCC1)C1CCCNC1. The quantitative estimate of drug-likeness (QED) is 0.775. The van der Waals surface area contributed by atoms with E-state index in [1.54, 1.807) is 0 Å². The van der Waals surface area contributed by atoms with Gasteiger partial charge in [-0.1, -0.05) is 6.92 Å². The summed E-state index contributed by atoms with van der Waals surface area (Å²) >= 11 is 0. The predicted octanol–water partition coefficient (Wildman–Crippen LogP) is 1.24. The summed E-state index contributed by atoms with van der Waals surface area (Å²) < 4.78 is 5.40. The van der Waals surface area contributed by atoms with Crippen LogP contribution in [0.15, 0.2) is 0 Å². The Balaban J connectivity index is 1.72. The highest BCUT2D eigenvalue weighted by molar-refractivity contribution is 5.76. The Hall–Kier alpha value is -0.650. The molecule has 5 heteroatoms. The zero-order valence-electron chi connectivity index (χ0n) is 14.4. The molecule has 2 aliphatic heterocycles. The molecular weight excluding hydrogens is 278 g/mol. The summed E-state index contributed by atoms with van der Waals surface area (Å²) in [4.78, 5) is 14.7. The first-order chi connectivity index (χ1) is 10.6. The molecule has 4 unspecified atom stereocenters. The lowest BCUT2D eigenvalue weighted by atomic mass is 9.85. The minimum atomic E-state index is 0.183. The monoisotopic (exact) mass is 311 g/mol. The molecule has 0 saturated carbocycles. The van der Waals surface area contributed by atoms with Crippen molar-refractivity contribution in [2.75, 3.05) is 39.4 Å². The number of nitrogens with one attached hydrogen (secondary N) is 2. The number of morpholine rings is 1. The van der Waals surface area contributed by atoms with Crippen molar-refractivity contribution >= 4 is 5.91 Å². The molecular formula is C17H33N3O2. The molecule has 0 spiro atoms. The number of nitrogens with zero attached hydrogens (tertiary/aromatic N) is 1. The van der Waals surface area contributed by atoms with Crippen molar-refractivity contribution in [2.24, 2.45) is 11.8 Å². The minimum Gasteiger partial charge on any atom is -0.379 e. The van der Waals surface area contributed by atoms with Crippen LogP contribution in [0.1, 0.15) is 40.0 Å². The van der Waals surface area contributed by atoms with E-state index in [-0.39, 0.29) is 11.9 Å². The lowest BCUT2D eigenvalue weighted by Crippen LogP contribution is -2.52. The van der Waals surface area contributed by atoms with Gasteiger partial charge in [-0.3, -0.25) is 9.69 Å². The van der Waals surface area contributed by atoms with Gasteiger partial charge in [-0.2, -0.15) is 0 Å². The van der Waals surface area contributed by atoms with E-state index < -0.39 is 0 Å². The van der Waals surface area contributed by atoms with Crippen molar-refractivity contribution in [1.82, 2.24) is 15.5 Å². The standard InChI is InChI=1S/C17H33N3O2/c1-13(16-5-4-6-18-12-16)11-17(21)19-14(2)15(3)20-7-9-22-10-8-20/h13-16,18H,4-12H2,1-3H3,(H,19,21). The first-order valence-electron chi connectivity index (χ1n) is 8.89. The fourth-order valence-corrected chi connectivity index (χ4v) is 3.56. The summed E-state index contributed by atoms with van der Waals surface area (Å²) in [7, 11) is 0. The Bertz CT molecular complexity index is 339. The maximum atomic E-state index is 12.3. The smallest absolute Gasteiger partial charge is 0.220 e. The van der Waals surface area contributed by atoms with E-state index in [2.05, 4.69) is 36.3 Å². The second-order valence-corrected chi connectivity index (χ2v) is 7.03. The Labute approximate surface area is 135 Å². The van der Waals surface area contributed by atoms with Crippen LogP contribution in [0, 0.1) is 11.8 Å². The summed E-state index contributed by atoms with van der Waals surface area (Å²) in [5.74, 6) is 1.30. The maximum absolute atomic E-state index is 12.3. The van der Waals surface area contributed by atoms with Gasteiger partial charge in [0.15, 0.2) is 0 Å². The summed E-state index contributed by atoms with van der Waals surface area (Å²) in [6.07, 6.45) is 3.13. The fraction of sp³-hybridized carbons (Fsp3) is 0.941. The largest absolute Gasteiger partial charge is 0.379 e. The van der Waals surface area contributed by atoms with Crippen LogP contribution in [0.2, 0.25) is 0 Å². The zero-order valence-corrected chi connectivity index (χ0v) is 14.4. The Morgan fingerprint density at radius 1 is 1.32 bits per heavy atom. The molecule has 1 amide bonds. The summed E-state index contributed by atoms with van der Waals surface area (Å²) in [5, 5.41) is 6.65. The molecule has 22 heavy (non-hydrogen) atoms. The van der Waals surface area contributed by atoms with E-state index in [1.807, 2.05) is 0 Å². The van der Waals surface area contributed by atoms with Gasteiger partial charge in [-0.05, 0) is 51.6 Å². The van der Waals surface area contributed by atoms with Crippen LogP contribution < -0.4 is 10.6 Å². The van der Waals surface area contributed by atoms with Crippen LogP contribution in [0.5, 0.6) is 0 Å². The van der Waals surface area contributed by atoms with Crippen molar-refractivity contribution < 1.29 is 9.53 Å². The highest BCUT2D eigenvalue weighted by atomic mass is 16.5. The molecule has 0 aromatic rings. The number of rotatable bonds is 6. The number of piperidine rings is 1. The van der Waals surface area contributed by atoms with Crippen molar-refractivity contribution in [3.63, 3.8) is 0 Å². The van der Waals surface area contributed by atoms with Gasteiger partial charge in [0.05, 0.1) is 13.2 Å². The van der Waals surface area contributed by atoms with Gasteiger partial charge in [-0.25, -0.2) is 0 Å². The molecule has 4 atom stereocenters. The van der Waals surface area contributed by atoms with Crippen molar-refractivity contribution in [1.29, 1.82) is 0 Å². The van der Waals surface area contributed by atoms with Gasteiger partial charge in [0, 0.05) is 31.6 Å². The van der Waals surface area contributed by atoms with Gasteiger partial charge in [0.2, 0.25) is 5.91 Å². The summed E-state index contributed by atoms with van der Waals surface area (Å²) in [5.41, 5.74) is 0. The number of amides is 1. The van der Waals surface area contributed by atoms with E-state index in [4.69, 9.17) is 4.74 Å². The van der Waals surface area contributed by atoms with Crippen LogP contribution in [-0.4, -0.2) is 62.3 Å². The van der Waals surface area contributed by atoms with E-state index in [0.29, 0.717) is 24.3 Å². The maximum Gasteiger partial charge on any atom is 0.220 e. The second kappa shape index (κ2) is 8.85. The number of hydrogen-bond donors (Lipinski definition) is 2. The molecule has 0 aromatic carbocycles. The third-order valence-electron chi connectivity index (χ3n) is 5.38. The lowest BCUT2D eigenvalue weighted by Gasteiger charge is -2.36. The molecule has 2 aliphatic rings. The summed E-state index contributed by atoms with van der Waals surface area (Å²) in [6.45, 7) is 12.3. The topological polar surface area (TPSA) is 53.6 Å². The van der Waals surface area contributed by atoms with E-state index >= 15 is 0 Å². The molecule has 0 aromatic heterocycles. The third-order valence-corrected chi connectivity index (χ3v) is 5.38. The Kier molecular flexibility index (Phi) is 7.12. The predicted molar refractivity (Wildman–Crippen MR) is 88.8 cm³/mol. The van der Waals surface area contributed by atoms with Gasteiger partial charge in [0.25, 0.3) is 0 Å². The van der Waals surface area contributed by atoms with Crippen molar-refractivity contribution in [3.8, 4) is 0 Å². The Morgan fingerprint density at radius 2 is 2.05 bits per heavy atom. The van der Waals surface area contributed by atoms with Crippen LogP contribution >= 0.6 is 0 Å². The van der Waals surface area contributed by atoms with Crippen molar-refractivity contribution in [2.45, 2.75) is 52.1 Å². The molecule has 0 aliphatic carbocycles. The average molecular weight is 311 g/mol. The first kappa shape index (κ1) is 17.7. The summed E-state index contributed by atoms with van der Waals surface area (Å²) in [6, 6.07) is 0.543. The highest BCUT2D eigenvalue weighted by Gasteiger charge is 2.25. The minimum absolute atomic E-state index is 0.183. The van der Waals surface area contributed by atoms with E-state index in [1.165, 1.54) is 12.8 Å². The zero-order chi connectivity index (χ0) is 15.9. The van der Waals surface area contributed by atoms with Crippen LogP contribution in [0.4, 0.5) is 0 Å². The normalized spacial score (nSPS) is 27.9. The average Bonchev–Trinajstić information content (AvgIpc) is 2.55. The van der Waals surface area contributed by atoms with Gasteiger partial charge >= 0.3 is 0 Å². The number of ether oxygens (including phenoxy) is 1. The number of carbonyl (C=O) groups excluding carboxylic acids is 1. The van der Waals surface area contributed by atoms with Gasteiger partial charge in [-0.15, -0.1) is 0 Å². The molecule has 0 bridgehead atoms. The molecule has 0 radical (unpaired) electrons. The van der Waals surface area contributed by atoms with Crippen LogP contribution in [0.25, 0.3) is 0 Å². The molecule has 2 fully saturated rings. The van der Waals surface area contributed by atoms with Gasteiger partial charge in [0.1, 0.15) is 0 Å². The van der Waals surface area contributed by atoms with Gasteiger partial charge < -0.3 is 15.4 Å². The molecule has 2 rings (SSSR count). The first-order valence-corrected chi connectivity index (χ1v) is 8.89. The number of carbonyl (C=O) groups is 1. The molecule has 5 nitrogen and oxygen atoms in total. The fourth-order valence-electron chi connectivity index (χ4n) is 3.56.